The molecule has 1 amide bonds. The molecule has 1 saturated heterocycles. The van der Waals surface area contributed by atoms with E-state index in [9.17, 15) is 4.79 Å². The molecule has 0 unspecified atom stereocenters. The summed E-state index contributed by atoms with van der Waals surface area (Å²) >= 11 is 6.26. The van der Waals surface area contributed by atoms with Crippen molar-refractivity contribution >= 4 is 17.5 Å². The van der Waals surface area contributed by atoms with Crippen LogP contribution in [0, 0.1) is 0 Å². The van der Waals surface area contributed by atoms with Gasteiger partial charge in [-0.2, -0.15) is 0 Å². The second-order valence-electron chi connectivity index (χ2n) is 8.15. The van der Waals surface area contributed by atoms with Crippen molar-refractivity contribution in [3.05, 3.63) is 82.8 Å². The Morgan fingerprint density at radius 2 is 2.13 bits per heavy atom. The van der Waals surface area contributed by atoms with Gasteiger partial charge in [-0.25, -0.2) is 4.98 Å². The van der Waals surface area contributed by atoms with Crippen molar-refractivity contribution in [3.8, 4) is 0 Å². The summed E-state index contributed by atoms with van der Waals surface area (Å²) in [6.45, 7) is 2.50. The number of amides is 1. The SMILES string of the molecule is CN(CC(=O)N1CCC[C@H](c2ncc(Cc3ccccc3Cl)o2)C1)Cc1cccnc1. The highest BCUT2D eigenvalue weighted by molar-refractivity contribution is 6.31. The van der Waals surface area contributed by atoms with Gasteiger partial charge in [-0.3, -0.25) is 14.7 Å². The van der Waals surface area contributed by atoms with E-state index in [4.69, 9.17) is 16.0 Å². The number of nitrogens with zero attached hydrogens (tertiary/aromatic N) is 4. The Morgan fingerprint density at radius 3 is 2.94 bits per heavy atom. The molecule has 0 radical (unpaired) electrons. The second-order valence-corrected chi connectivity index (χ2v) is 8.55. The molecule has 0 bridgehead atoms. The number of likely N-dealkylation sites (tertiary alicyclic amines) is 1. The normalized spacial score (nSPS) is 16.6. The Labute approximate surface area is 187 Å². The first-order valence-electron chi connectivity index (χ1n) is 10.6. The van der Waals surface area contributed by atoms with Crippen LogP contribution in [0.3, 0.4) is 0 Å². The number of likely N-dealkylation sites (N-methyl/N-ethyl adjacent to an activating group) is 1. The maximum Gasteiger partial charge on any atom is 0.236 e. The monoisotopic (exact) mass is 438 g/mol. The van der Waals surface area contributed by atoms with Crippen LogP contribution in [-0.2, 0) is 17.8 Å². The first-order valence-corrected chi connectivity index (χ1v) is 11.0. The Balaban J connectivity index is 1.33. The maximum atomic E-state index is 12.9. The van der Waals surface area contributed by atoms with E-state index in [1.165, 1.54) is 0 Å². The number of rotatable bonds is 7. The van der Waals surface area contributed by atoms with E-state index in [1.54, 1.807) is 12.4 Å². The van der Waals surface area contributed by atoms with E-state index in [0.717, 1.165) is 41.3 Å². The van der Waals surface area contributed by atoms with Crippen LogP contribution in [0.25, 0.3) is 0 Å². The third-order valence-corrected chi connectivity index (χ3v) is 5.97. The van der Waals surface area contributed by atoms with Crippen molar-refractivity contribution < 1.29 is 9.21 Å². The summed E-state index contributed by atoms with van der Waals surface area (Å²) in [7, 11) is 1.96. The van der Waals surface area contributed by atoms with E-state index in [0.29, 0.717) is 31.9 Å². The van der Waals surface area contributed by atoms with Gasteiger partial charge >= 0.3 is 0 Å². The zero-order chi connectivity index (χ0) is 21.6. The largest absolute Gasteiger partial charge is 0.445 e. The van der Waals surface area contributed by atoms with Crippen molar-refractivity contribution in [2.75, 3.05) is 26.7 Å². The molecule has 1 fully saturated rings. The molecular weight excluding hydrogens is 412 g/mol. The molecule has 162 valence electrons. The van der Waals surface area contributed by atoms with E-state index >= 15 is 0 Å². The molecule has 6 nitrogen and oxygen atoms in total. The summed E-state index contributed by atoms with van der Waals surface area (Å²) in [6.07, 6.45) is 7.90. The van der Waals surface area contributed by atoms with E-state index < -0.39 is 0 Å². The number of halogens is 1. The summed E-state index contributed by atoms with van der Waals surface area (Å²) < 4.78 is 6.05. The van der Waals surface area contributed by atoms with Crippen molar-refractivity contribution in [3.63, 3.8) is 0 Å². The van der Waals surface area contributed by atoms with Gasteiger partial charge in [-0.1, -0.05) is 35.9 Å². The zero-order valence-electron chi connectivity index (χ0n) is 17.7. The summed E-state index contributed by atoms with van der Waals surface area (Å²) in [5, 5.41) is 0.727. The fourth-order valence-electron chi connectivity index (χ4n) is 4.02. The van der Waals surface area contributed by atoms with Crippen LogP contribution in [0.5, 0.6) is 0 Å². The quantitative estimate of drug-likeness (QED) is 0.554. The number of carbonyl (C=O) groups is 1. The van der Waals surface area contributed by atoms with Crippen molar-refractivity contribution in [1.82, 2.24) is 19.8 Å². The minimum Gasteiger partial charge on any atom is -0.445 e. The molecule has 0 spiro atoms. The predicted molar refractivity (Wildman–Crippen MR) is 120 cm³/mol. The highest BCUT2D eigenvalue weighted by atomic mass is 35.5. The molecule has 2 aromatic heterocycles. The smallest absolute Gasteiger partial charge is 0.236 e. The molecule has 1 aliphatic heterocycles. The number of hydrogen-bond donors (Lipinski definition) is 0. The molecular formula is C24H27ClN4O2. The summed E-state index contributed by atoms with van der Waals surface area (Å²) in [6, 6.07) is 11.7. The Morgan fingerprint density at radius 1 is 1.26 bits per heavy atom. The standard InChI is InChI=1S/C24H27ClN4O2/c1-28(15-18-6-4-10-26-13-18)17-23(30)29-11-5-8-20(16-29)24-27-14-21(31-24)12-19-7-2-3-9-22(19)25/h2-4,6-7,9-10,13-14,20H,5,8,11-12,15-17H2,1H3/t20-/m0/s1. The lowest BCUT2D eigenvalue weighted by Gasteiger charge is -2.32. The van der Waals surface area contributed by atoms with Gasteiger partial charge in [0.05, 0.1) is 18.7 Å². The number of carbonyl (C=O) groups excluding carboxylic acids is 1. The van der Waals surface area contributed by atoms with Gasteiger partial charge in [-0.15, -0.1) is 0 Å². The Bertz CT molecular complexity index is 1010. The van der Waals surface area contributed by atoms with Gasteiger partial charge in [0.2, 0.25) is 5.91 Å². The number of piperidine rings is 1. The van der Waals surface area contributed by atoms with Gasteiger partial charge in [0.15, 0.2) is 5.89 Å². The molecule has 3 aromatic rings. The number of pyridine rings is 1. The Hall–Kier alpha value is -2.70. The second kappa shape index (κ2) is 10.1. The van der Waals surface area contributed by atoms with Gasteiger partial charge in [-0.05, 0) is 43.1 Å². The lowest BCUT2D eigenvalue weighted by molar-refractivity contribution is -0.133. The maximum absolute atomic E-state index is 12.9. The van der Waals surface area contributed by atoms with Crippen LogP contribution in [0.2, 0.25) is 5.02 Å². The lowest BCUT2D eigenvalue weighted by atomic mass is 9.98. The fourth-order valence-corrected chi connectivity index (χ4v) is 4.22. The highest BCUT2D eigenvalue weighted by Gasteiger charge is 2.28. The van der Waals surface area contributed by atoms with Crippen LogP contribution >= 0.6 is 11.6 Å². The molecule has 1 aliphatic rings. The van der Waals surface area contributed by atoms with E-state index in [2.05, 4.69) is 9.97 Å². The van der Waals surface area contributed by atoms with Crippen molar-refractivity contribution in [2.24, 2.45) is 0 Å². The first kappa shape index (κ1) is 21.5. The van der Waals surface area contributed by atoms with Crippen LogP contribution in [-0.4, -0.2) is 52.4 Å². The van der Waals surface area contributed by atoms with Gasteiger partial charge in [0.1, 0.15) is 5.76 Å². The van der Waals surface area contributed by atoms with Crippen LogP contribution in [0.4, 0.5) is 0 Å². The number of oxazole rings is 1. The average Bonchev–Trinajstić information content (AvgIpc) is 3.25. The average molecular weight is 439 g/mol. The van der Waals surface area contributed by atoms with Gasteiger partial charge < -0.3 is 9.32 Å². The van der Waals surface area contributed by atoms with Crippen molar-refractivity contribution in [1.29, 1.82) is 0 Å². The van der Waals surface area contributed by atoms with Crippen LogP contribution in [0.15, 0.2) is 59.4 Å². The van der Waals surface area contributed by atoms with Crippen molar-refractivity contribution in [2.45, 2.75) is 31.7 Å². The molecule has 1 atom stereocenters. The molecule has 3 heterocycles. The van der Waals surface area contributed by atoms with Gasteiger partial charge in [0, 0.05) is 43.5 Å². The third-order valence-electron chi connectivity index (χ3n) is 5.60. The van der Waals surface area contributed by atoms with E-state index in [-0.39, 0.29) is 11.8 Å². The number of aromatic nitrogens is 2. The molecule has 1 aromatic carbocycles. The minimum absolute atomic E-state index is 0.126. The third kappa shape index (κ3) is 5.71. The lowest BCUT2D eigenvalue weighted by Crippen LogP contribution is -2.43. The summed E-state index contributed by atoms with van der Waals surface area (Å²) in [5.74, 6) is 1.77. The fraction of sp³-hybridized carbons (Fsp3) is 0.375. The molecule has 0 aliphatic carbocycles. The number of hydrogen-bond acceptors (Lipinski definition) is 5. The van der Waals surface area contributed by atoms with E-state index in [1.807, 2.05) is 59.4 Å². The topological polar surface area (TPSA) is 62.5 Å². The first-order chi connectivity index (χ1) is 15.1. The highest BCUT2D eigenvalue weighted by Crippen LogP contribution is 2.28. The molecule has 0 saturated carbocycles. The van der Waals surface area contributed by atoms with Crippen LogP contribution in [0.1, 0.15) is 41.5 Å². The summed E-state index contributed by atoms with van der Waals surface area (Å²) in [5.41, 5.74) is 2.11. The van der Waals surface area contributed by atoms with Crippen LogP contribution < -0.4 is 0 Å². The van der Waals surface area contributed by atoms with Gasteiger partial charge in [0.25, 0.3) is 0 Å². The Kier molecular flexibility index (Phi) is 6.99. The molecule has 0 N–H and O–H groups in total. The predicted octanol–water partition coefficient (Wildman–Crippen LogP) is 4.15. The minimum atomic E-state index is 0.126. The molecule has 7 heteroatoms. The summed E-state index contributed by atoms with van der Waals surface area (Å²) in [4.78, 5) is 25.5. The zero-order valence-corrected chi connectivity index (χ0v) is 18.5. The molecule has 31 heavy (non-hydrogen) atoms. The molecule has 4 rings (SSSR count). The number of benzene rings is 1.